The van der Waals surface area contributed by atoms with E-state index in [0.29, 0.717) is 30.7 Å². The Hall–Kier alpha value is -1.50. The molecule has 8 heteroatoms. The number of nitrogens with zero attached hydrogens (tertiary/aromatic N) is 1. The number of nitrogens with one attached hydrogen (secondary N) is 1. The van der Waals surface area contributed by atoms with E-state index >= 15 is 0 Å². The first-order valence-electron chi connectivity index (χ1n) is 5.61. The van der Waals surface area contributed by atoms with E-state index in [-0.39, 0.29) is 12.4 Å². The number of ether oxygens (including phenoxy) is 3. The highest BCUT2D eigenvalue weighted by atomic mass is 35.5. The first kappa shape index (κ1) is 16.6. The Bertz CT molecular complexity index is 574. The third-order valence-electron chi connectivity index (χ3n) is 2.33. The predicted molar refractivity (Wildman–Crippen MR) is 76.8 cm³/mol. The van der Waals surface area contributed by atoms with Gasteiger partial charge in [-0.25, -0.2) is 9.78 Å². The molecule has 2 aromatic rings. The molecule has 0 amide bonds. The summed E-state index contributed by atoms with van der Waals surface area (Å²) in [5.74, 6) is 1.52. The van der Waals surface area contributed by atoms with Crippen LogP contribution in [-0.4, -0.2) is 35.7 Å². The summed E-state index contributed by atoms with van der Waals surface area (Å²) in [6.07, 6.45) is -0.760. The van der Waals surface area contributed by atoms with Gasteiger partial charge in [0, 0.05) is 11.9 Å². The van der Waals surface area contributed by atoms with E-state index in [4.69, 9.17) is 21.1 Å². The van der Waals surface area contributed by atoms with Crippen molar-refractivity contribution in [1.29, 1.82) is 0 Å². The Labute approximate surface area is 126 Å². The number of carbonyl (C=O) groups is 1. The summed E-state index contributed by atoms with van der Waals surface area (Å²) >= 11 is 5.51. The molecule has 0 aliphatic carbocycles. The fraction of sp³-hybridized carbons (Fsp3) is 0.333. The number of benzene rings is 1. The van der Waals surface area contributed by atoms with Crippen molar-refractivity contribution >= 4 is 41.2 Å². The van der Waals surface area contributed by atoms with E-state index in [1.165, 1.54) is 7.11 Å². The molecular weight excluding hydrogens is 307 g/mol. The molecule has 0 aliphatic rings. The van der Waals surface area contributed by atoms with Crippen LogP contribution in [0.25, 0.3) is 11.0 Å². The molecular formula is C12H14Cl2N2O4. The van der Waals surface area contributed by atoms with Crippen molar-refractivity contribution in [3.05, 3.63) is 24.0 Å². The molecule has 2 rings (SSSR count). The van der Waals surface area contributed by atoms with Gasteiger partial charge in [-0.15, -0.1) is 24.0 Å². The van der Waals surface area contributed by atoms with Crippen LogP contribution in [0.5, 0.6) is 5.75 Å². The molecule has 0 bridgehead atoms. The number of hydrogen-bond acceptors (Lipinski definition) is 5. The zero-order valence-corrected chi connectivity index (χ0v) is 12.3. The maximum absolute atomic E-state index is 11.0. The van der Waals surface area contributed by atoms with Gasteiger partial charge in [-0.1, -0.05) is 0 Å². The summed E-state index contributed by atoms with van der Waals surface area (Å²) in [6.45, 7) is 0.823. The van der Waals surface area contributed by atoms with Crippen LogP contribution in [0.15, 0.2) is 18.2 Å². The number of hydrogen-bond donors (Lipinski definition) is 1. The van der Waals surface area contributed by atoms with Crippen molar-refractivity contribution in [2.45, 2.75) is 6.61 Å². The van der Waals surface area contributed by atoms with E-state index in [2.05, 4.69) is 14.7 Å². The highest BCUT2D eigenvalue weighted by molar-refractivity contribution is 6.17. The predicted octanol–water partition coefficient (Wildman–Crippen LogP) is 2.89. The van der Waals surface area contributed by atoms with Crippen molar-refractivity contribution < 1.29 is 19.0 Å². The fourth-order valence-corrected chi connectivity index (χ4v) is 1.64. The monoisotopic (exact) mass is 320 g/mol. The van der Waals surface area contributed by atoms with Gasteiger partial charge >= 0.3 is 6.16 Å². The van der Waals surface area contributed by atoms with Crippen LogP contribution in [0.2, 0.25) is 0 Å². The minimum atomic E-state index is -0.760. The van der Waals surface area contributed by atoms with Gasteiger partial charge in [-0.3, -0.25) is 0 Å². The Kier molecular flexibility index (Phi) is 6.57. The van der Waals surface area contributed by atoms with Crippen molar-refractivity contribution in [3.8, 4) is 5.75 Å². The lowest BCUT2D eigenvalue weighted by Crippen LogP contribution is -2.06. The maximum atomic E-state index is 11.0. The van der Waals surface area contributed by atoms with Crippen LogP contribution in [0.4, 0.5) is 4.79 Å². The molecule has 6 nitrogen and oxygen atoms in total. The first-order chi connectivity index (χ1) is 9.22. The van der Waals surface area contributed by atoms with E-state index in [0.717, 1.165) is 11.0 Å². The second kappa shape index (κ2) is 7.94. The van der Waals surface area contributed by atoms with Crippen molar-refractivity contribution in [1.82, 2.24) is 9.97 Å². The minimum absolute atomic E-state index is 0. The van der Waals surface area contributed by atoms with Crippen molar-refractivity contribution in [3.63, 3.8) is 0 Å². The number of imidazole rings is 1. The van der Waals surface area contributed by atoms with Gasteiger partial charge in [-0.05, 0) is 12.1 Å². The average molecular weight is 321 g/mol. The molecule has 1 heterocycles. The topological polar surface area (TPSA) is 73.4 Å². The Balaban J connectivity index is 0.00000200. The van der Waals surface area contributed by atoms with E-state index < -0.39 is 6.16 Å². The molecule has 1 aromatic heterocycles. The number of alkyl halides is 1. The van der Waals surface area contributed by atoms with E-state index in [1.807, 2.05) is 0 Å². The second-order valence-electron chi connectivity index (χ2n) is 3.66. The molecule has 20 heavy (non-hydrogen) atoms. The quantitative estimate of drug-likeness (QED) is 0.397. The maximum Gasteiger partial charge on any atom is 0.513 e. The highest BCUT2D eigenvalue weighted by Crippen LogP contribution is 2.19. The van der Waals surface area contributed by atoms with Gasteiger partial charge in [-0.2, -0.15) is 0 Å². The lowest BCUT2D eigenvalue weighted by Gasteiger charge is -2.01. The van der Waals surface area contributed by atoms with Crippen LogP contribution in [0, 0.1) is 0 Å². The van der Waals surface area contributed by atoms with Gasteiger partial charge in [0.05, 0.1) is 24.8 Å². The first-order valence-corrected chi connectivity index (χ1v) is 6.14. The number of rotatable bonds is 5. The molecule has 0 radical (unpaired) electrons. The summed E-state index contributed by atoms with van der Waals surface area (Å²) in [6, 6.07) is 5.06. The number of aromatic amines is 1. The number of methoxy groups -OCH3 is 1. The zero-order valence-electron chi connectivity index (χ0n) is 10.7. The number of halogens is 2. The van der Waals surface area contributed by atoms with E-state index in [1.54, 1.807) is 18.2 Å². The summed E-state index contributed by atoms with van der Waals surface area (Å²) in [7, 11) is 1.25. The number of H-pyrrole nitrogens is 1. The van der Waals surface area contributed by atoms with Gasteiger partial charge in [0.2, 0.25) is 0 Å². The number of fused-ring (bicyclic) bond motifs is 1. The molecule has 0 aliphatic heterocycles. The molecule has 1 N–H and O–H groups in total. The molecule has 0 saturated heterocycles. The smallest absolute Gasteiger partial charge is 0.437 e. The van der Waals surface area contributed by atoms with Crippen LogP contribution in [0.1, 0.15) is 5.82 Å². The van der Waals surface area contributed by atoms with Gasteiger partial charge < -0.3 is 19.2 Å². The Morgan fingerprint density at radius 1 is 1.45 bits per heavy atom. The Morgan fingerprint density at radius 2 is 2.25 bits per heavy atom. The summed E-state index contributed by atoms with van der Waals surface area (Å²) < 4.78 is 14.6. The van der Waals surface area contributed by atoms with Gasteiger partial charge in [0.15, 0.2) is 0 Å². The molecule has 0 fully saturated rings. The van der Waals surface area contributed by atoms with E-state index in [9.17, 15) is 4.79 Å². The normalized spacial score (nSPS) is 10.1. The molecule has 0 atom stereocenters. The fourth-order valence-electron chi connectivity index (χ4n) is 1.53. The molecule has 1 aromatic carbocycles. The summed E-state index contributed by atoms with van der Waals surface area (Å²) in [5.41, 5.74) is 1.52. The Morgan fingerprint density at radius 3 is 2.95 bits per heavy atom. The van der Waals surface area contributed by atoms with Gasteiger partial charge in [0.25, 0.3) is 0 Å². The lowest BCUT2D eigenvalue weighted by atomic mass is 10.3. The molecule has 0 unspecified atom stereocenters. The largest absolute Gasteiger partial charge is 0.513 e. The van der Waals surface area contributed by atoms with Crippen molar-refractivity contribution in [2.75, 3.05) is 19.6 Å². The minimum Gasteiger partial charge on any atom is -0.437 e. The molecule has 0 spiro atoms. The van der Waals surface area contributed by atoms with Crippen LogP contribution in [-0.2, 0) is 16.1 Å². The third kappa shape index (κ3) is 4.26. The van der Waals surface area contributed by atoms with Crippen LogP contribution < -0.4 is 4.74 Å². The number of aromatic nitrogens is 2. The van der Waals surface area contributed by atoms with Gasteiger partial charge in [0.1, 0.15) is 18.2 Å². The molecule has 0 saturated carbocycles. The third-order valence-corrected chi connectivity index (χ3v) is 2.48. The summed E-state index contributed by atoms with van der Waals surface area (Å²) in [5, 5.41) is 0. The highest BCUT2D eigenvalue weighted by Gasteiger charge is 2.07. The van der Waals surface area contributed by atoms with Crippen LogP contribution in [0.3, 0.4) is 0 Å². The lowest BCUT2D eigenvalue weighted by molar-refractivity contribution is 0.121. The molecule has 110 valence electrons. The zero-order chi connectivity index (χ0) is 13.7. The summed E-state index contributed by atoms with van der Waals surface area (Å²) in [4.78, 5) is 18.4. The average Bonchev–Trinajstić information content (AvgIpc) is 2.81. The second-order valence-corrected chi connectivity index (χ2v) is 4.04. The standard InChI is InChI=1S/C12H13ClN2O4.ClH/c1-17-12(16)19-8-2-3-9-10(6-8)15-11(14-9)7-18-5-4-13;/h2-3,6H,4-5,7H2,1H3,(H,14,15);1H. The number of carbonyl (C=O) groups excluding carboxylic acids is 1. The van der Waals surface area contributed by atoms with Crippen molar-refractivity contribution in [2.24, 2.45) is 0 Å². The SMILES string of the molecule is COC(=O)Oc1ccc2nc(COCCCl)[nH]c2c1.Cl. The van der Waals surface area contributed by atoms with Crippen LogP contribution >= 0.6 is 24.0 Å².